The van der Waals surface area contributed by atoms with Crippen LogP contribution < -0.4 is 0 Å². The van der Waals surface area contributed by atoms with Crippen molar-refractivity contribution in [3.8, 4) is 23.1 Å². The lowest BCUT2D eigenvalue weighted by Gasteiger charge is -1.99. The van der Waals surface area contributed by atoms with Crippen LogP contribution in [0.1, 0.15) is 5.56 Å². The van der Waals surface area contributed by atoms with Crippen molar-refractivity contribution in [3.05, 3.63) is 60.2 Å². The van der Waals surface area contributed by atoms with Crippen molar-refractivity contribution in [2.75, 3.05) is 0 Å². The van der Waals surface area contributed by atoms with Gasteiger partial charge in [0.15, 0.2) is 0 Å². The highest BCUT2D eigenvalue weighted by Crippen LogP contribution is 2.15. The van der Waals surface area contributed by atoms with Gasteiger partial charge in [-0.3, -0.25) is 0 Å². The molecule has 1 heterocycles. The summed E-state index contributed by atoms with van der Waals surface area (Å²) in [6.45, 7) is 0. The second-order valence-corrected chi connectivity index (χ2v) is 3.90. The molecule has 2 aromatic carbocycles. The van der Waals surface area contributed by atoms with Crippen LogP contribution >= 0.6 is 0 Å². The Morgan fingerprint density at radius 1 is 0.947 bits per heavy atom. The zero-order valence-electron chi connectivity index (χ0n) is 9.93. The fourth-order valence-corrected chi connectivity index (χ4v) is 1.76. The number of hydrogen-bond acceptors (Lipinski definition) is 4. The minimum atomic E-state index is 0.513. The van der Waals surface area contributed by atoms with E-state index in [-0.39, 0.29) is 0 Å². The van der Waals surface area contributed by atoms with Gasteiger partial charge in [-0.25, -0.2) is 0 Å². The van der Waals surface area contributed by atoms with Crippen LogP contribution in [0.25, 0.3) is 17.1 Å². The van der Waals surface area contributed by atoms with Gasteiger partial charge >= 0.3 is 0 Å². The van der Waals surface area contributed by atoms with E-state index >= 15 is 0 Å². The Balaban J connectivity index is 2.05. The standard InChI is InChI=1S/C14H9N5/c15-10-12-8-4-5-9-13(12)19-17-14(16-18-19)11-6-2-1-3-7-11/h1-9H. The first-order chi connectivity index (χ1) is 9.38. The Kier molecular flexibility index (Phi) is 2.75. The summed E-state index contributed by atoms with van der Waals surface area (Å²) in [4.78, 5) is 1.38. The van der Waals surface area contributed by atoms with E-state index in [1.54, 1.807) is 18.2 Å². The van der Waals surface area contributed by atoms with Crippen molar-refractivity contribution in [1.29, 1.82) is 5.26 Å². The third-order valence-electron chi connectivity index (χ3n) is 2.69. The van der Waals surface area contributed by atoms with Crippen LogP contribution in [0.3, 0.4) is 0 Å². The fourth-order valence-electron chi connectivity index (χ4n) is 1.76. The van der Waals surface area contributed by atoms with E-state index in [9.17, 15) is 0 Å². The number of nitriles is 1. The molecule has 0 unspecified atom stereocenters. The minimum absolute atomic E-state index is 0.513. The van der Waals surface area contributed by atoms with Gasteiger partial charge in [0.2, 0.25) is 5.82 Å². The highest BCUT2D eigenvalue weighted by Gasteiger charge is 2.09. The van der Waals surface area contributed by atoms with Crippen molar-refractivity contribution in [2.24, 2.45) is 0 Å². The van der Waals surface area contributed by atoms with Crippen LogP contribution in [-0.4, -0.2) is 20.2 Å². The lowest BCUT2D eigenvalue weighted by molar-refractivity contribution is 0.718. The first-order valence-electron chi connectivity index (χ1n) is 5.73. The number of tetrazole rings is 1. The van der Waals surface area contributed by atoms with Crippen molar-refractivity contribution in [2.45, 2.75) is 0 Å². The van der Waals surface area contributed by atoms with E-state index in [0.29, 0.717) is 17.1 Å². The number of rotatable bonds is 2. The van der Waals surface area contributed by atoms with Crippen LogP contribution in [0.15, 0.2) is 54.6 Å². The lowest BCUT2D eigenvalue weighted by atomic mass is 10.2. The van der Waals surface area contributed by atoms with Gasteiger partial charge in [-0.15, -0.1) is 15.0 Å². The molecule has 0 saturated carbocycles. The van der Waals surface area contributed by atoms with Crippen LogP contribution in [0.2, 0.25) is 0 Å². The molecular formula is C14H9N5. The van der Waals surface area contributed by atoms with E-state index in [1.807, 2.05) is 36.4 Å². The van der Waals surface area contributed by atoms with E-state index in [2.05, 4.69) is 21.5 Å². The van der Waals surface area contributed by atoms with Gasteiger partial charge in [0.05, 0.1) is 5.56 Å². The maximum absolute atomic E-state index is 9.06. The Morgan fingerprint density at radius 2 is 1.68 bits per heavy atom. The number of nitrogens with zero attached hydrogens (tertiary/aromatic N) is 5. The number of para-hydroxylation sites is 1. The first kappa shape index (κ1) is 11.1. The van der Waals surface area contributed by atoms with Crippen LogP contribution in [0, 0.1) is 11.3 Å². The summed E-state index contributed by atoms with van der Waals surface area (Å²) in [7, 11) is 0. The maximum atomic E-state index is 9.06. The fraction of sp³-hybridized carbons (Fsp3) is 0. The predicted octanol–water partition coefficient (Wildman–Crippen LogP) is 2.20. The lowest BCUT2D eigenvalue weighted by Crippen LogP contribution is -2.01. The molecule has 0 spiro atoms. The monoisotopic (exact) mass is 247 g/mol. The first-order valence-corrected chi connectivity index (χ1v) is 5.73. The number of hydrogen-bond donors (Lipinski definition) is 0. The molecule has 3 aromatic rings. The summed E-state index contributed by atoms with van der Waals surface area (Å²) >= 11 is 0. The summed E-state index contributed by atoms with van der Waals surface area (Å²) in [6, 6.07) is 18.9. The van der Waals surface area contributed by atoms with E-state index < -0.39 is 0 Å². The zero-order valence-corrected chi connectivity index (χ0v) is 9.93. The van der Waals surface area contributed by atoms with E-state index in [4.69, 9.17) is 5.26 Å². The van der Waals surface area contributed by atoms with Crippen molar-refractivity contribution < 1.29 is 0 Å². The average Bonchev–Trinajstić information content (AvgIpc) is 2.98. The topological polar surface area (TPSA) is 67.4 Å². The number of benzene rings is 2. The molecule has 5 nitrogen and oxygen atoms in total. The third-order valence-corrected chi connectivity index (χ3v) is 2.69. The zero-order chi connectivity index (χ0) is 13.1. The Hall–Kier alpha value is -3.00. The second-order valence-electron chi connectivity index (χ2n) is 3.90. The summed E-state index contributed by atoms with van der Waals surface area (Å²) < 4.78 is 0. The molecule has 0 fully saturated rings. The minimum Gasteiger partial charge on any atom is -0.192 e. The SMILES string of the molecule is N#Cc1ccccc1-n1nnc(-c2ccccc2)n1. The summed E-state index contributed by atoms with van der Waals surface area (Å²) in [6.07, 6.45) is 0. The number of aromatic nitrogens is 4. The summed E-state index contributed by atoms with van der Waals surface area (Å²) in [5, 5.41) is 21.4. The van der Waals surface area contributed by atoms with Gasteiger partial charge in [-0.05, 0) is 17.3 Å². The molecule has 0 amide bonds. The van der Waals surface area contributed by atoms with Crippen LogP contribution in [0.4, 0.5) is 0 Å². The highest BCUT2D eigenvalue weighted by atomic mass is 15.6. The van der Waals surface area contributed by atoms with Crippen molar-refractivity contribution in [3.63, 3.8) is 0 Å². The molecule has 90 valence electrons. The quantitative estimate of drug-likeness (QED) is 0.696. The van der Waals surface area contributed by atoms with Gasteiger partial charge in [0.1, 0.15) is 11.8 Å². The summed E-state index contributed by atoms with van der Waals surface area (Å²) in [5.74, 6) is 0.536. The third kappa shape index (κ3) is 2.07. The van der Waals surface area contributed by atoms with Crippen molar-refractivity contribution in [1.82, 2.24) is 20.2 Å². The maximum Gasteiger partial charge on any atom is 0.205 e. The molecule has 0 aliphatic heterocycles. The van der Waals surface area contributed by atoms with Gasteiger partial charge in [0.25, 0.3) is 0 Å². The van der Waals surface area contributed by atoms with Gasteiger partial charge < -0.3 is 0 Å². The Morgan fingerprint density at radius 3 is 2.47 bits per heavy atom. The van der Waals surface area contributed by atoms with Gasteiger partial charge in [-0.2, -0.15) is 5.26 Å². The average molecular weight is 247 g/mol. The second kappa shape index (κ2) is 4.70. The Bertz CT molecular complexity index is 740. The molecule has 3 rings (SSSR count). The largest absolute Gasteiger partial charge is 0.205 e. The van der Waals surface area contributed by atoms with E-state index in [0.717, 1.165) is 5.56 Å². The predicted molar refractivity (Wildman–Crippen MR) is 69.3 cm³/mol. The highest BCUT2D eigenvalue weighted by molar-refractivity contribution is 5.54. The normalized spacial score (nSPS) is 10.1. The smallest absolute Gasteiger partial charge is 0.192 e. The van der Waals surface area contributed by atoms with Gasteiger partial charge in [0, 0.05) is 5.56 Å². The van der Waals surface area contributed by atoms with Crippen LogP contribution in [0.5, 0.6) is 0 Å². The molecule has 0 saturated heterocycles. The molecule has 5 heteroatoms. The van der Waals surface area contributed by atoms with Gasteiger partial charge in [-0.1, -0.05) is 42.5 Å². The summed E-state index contributed by atoms with van der Waals surface area (Å²) in [5.41, 5.74) is 2.03. The molecule has 0 radical (unpaired) electrons. The molecule has 0 atom stereocenters. The van der Waals surface area contributed by atoms with E-state index in [1.165, 1.54) is 4.80 Å². The molecule has 0 aliphatic carbocycles. The molecule has 1 aromatic heterocycles. The molecule has 0 bridgehead atoms. The molecule has 19 heavy (non-hydrogen) atoms. The molecular weight excluding hydrogens is 238 g/mol. The molecule has 0 N–H and O–H groups in total. The van der Waals surface area contributed by atoms with Crippen molar-refractivity contribution >= 4 is 0 Å². The Labute approximate surface area is 109 Å². The molecule has 0 aliphatic rings. The van der Waals surface area contributed by atoms with Crippen LogP contribution in [-0.2, 0) is 0 Å².